The number of nitrogens with one attached hydrogen (secondary N) is 2. The summed E-state index contributed by atoms with van der Waals surface area (Å²) in [6, 6.07) is 18.3. The zero-order valence-electron chi connectivity index (χ0n) is 25.9. The van der Waals surface area contributed by atoms with E-state index in [4.69, 9.17) is 9.40 Å². The number of nitrogens with zero attached hydrogens (tertiary/aromatic N) is 3. The van der Waals surface area contributed by atoms with Gasteiger partial charge in [0.1, 0.15) is 5.82 Å². The largest absolute Gasteiger partial charge is 0.421 e. The molecule has 2 atom stereocenters. The molecule has 10 heteroatoms. The number of halogens is 1. The Labute approximate surface area is 270 Å². The fourth-order valence-corrected chi connectivity index (χ4v) is 7.56. The summed E-state index contributed by atoms with van der Waals surface area (Å²) < 4.78 is 19.7. The van der Waals surface area contributed by atoms with Crippen LogP contribution in [0.1, 0.15) is 86.2 Å². The average Bonchev–Trinajstić information content (AvgIpc) is 3.81. The lowest BCUT2D eigenvalue weighted by atomic mass is 9.82. The number of thiophene rings is 1. The van der Waals surface area contributed by atoms with Crippen LogP contribution in [-0.4, -0.2) is 33.5 Å². The lowest BCUT2D eigenvalue weighted by Gasteiger charge is -2.30. The van der Waals surface area contributed by atoms with Crippen LogP contribution in [0.2, 0.25) is 0 Å². The van der Waals surface area contributed by atoms with Crippen molar-refractivity contribution in [3.8, 4) is 21.9 Å². The van der Waals surface area contributed by atoms with Gasteiger partial charge in [-0.1, -0.05) is 50.2 Å². The maximum absolute atomic E-state index is 13.7. The van der Waals surface area contributed by atoms with Crippen molar-refractivity contribution in [3.63, 3.8) is 0 Å². The van der Waals surface area contributed by atoms with Gasteiger partial charge in [-0.05, 0) is 72.6 Å². The average molecular weight is 636 g/mol. The number of rotatable bonds is 8. The number of aromatic nitrogens is 3. The van der Waals surface area contributed by atoms with Crippen molar-refractivity contribution in [2.45, 2.75) is 58.4 Å². The van der Waals surface area contributed by atoms with Crippen LogP contribution < -0.4 is 10.6 Å². The summed E-state index contributed by atoms with van der Waals surface area (Å²) in [4.78, 5) is 33.8. The van der Waals surface area contributed by atoms with Crippen LogP contribution in [0, 0.1) is 18.7 Å². The highest BCUT2D eigenvalue weighted by Crippen LogP contribution is 2.45. The summed E-state index contributed by atoms with van der Waals surface area (Å²) in [6.45, 7) is 6.44. The van der Waals surface area contributed by atoms with E-state index < -0.39 is 0 Å². The van der Waals surface area contributed by atoms with Gasteiger partial charge in [-0.3, -0.25) is 14.6 Å². The minimum atomic E-state index is -0.291. The molecule has 2 aliphatic rings. The molecular formula is C36H34FN5O3S. The van der Waals surface area contributed by atoms with Crippen LogP contribution in [-0.2, 0) is 19.3 Å². The van der Waals surface area contributed by atoms with Crippen LogP contribution in [0.5, 0.6) is 0 Å². The fourth-order valence-electron chi connectivity index (χ4n) is 6.59. The van der Waals surface area contributed by atoms with Crippen LogP contribution in [0.15, 0.2) is 65.1 Å². The summed E-state index contributed by atoms with van der Waals surface area (Å²) in [7, 11) is 0. The Hall–Kier alpha value is -4.70. The second-order valence-corrected chi connectivity index (χ2v) is 13.4. The van der Waals surface area contributed by atoms with E-state index in [0.29, 0.717) is 52.5 Å². The second-order valence-electron chi connectivity index (χ2n) is 12.3. The molecule has 1 aliphatic heterocycles. The fraction of sp³-hybridized carbons (Fsp3) is 0.306. The standard InChI is InChI=1S/C36H34FN5O3S/c1-19(2)25-18-38-35(44)32-31(28-16-17-29(46-28)34(43)40-26-15-11-22-6-4-5-7-24(22)26)30(36-42-41-20(3)45-36)27(39-33(25)32)14-10-21-8-12-23(37)13-9-21/h4-9,12-13,16-17,19,25-26H,10-11,14-15,18H2,1-3H3,(H,38,44)(H,40,43)/t25-,26-/m0/s1. The molecule has 0 saturated carbocycles. The van der Waals surface area contributed by atoms with Crippen LogP contribution in [0.4, 0.5) is 4.39 Å². The first-order valence-electron chi connectivity index (χ1n) is 15.7. The van der Waals surface area contributed by atoms with E-state index in [-0.39, 0.29) is 41.4 Å². The van der Waals surface area contributed by atoms with Crippen molar-refractivity contribution in [2.24, 2.45) is 5.92 Å². The highest BCUT2D eigenvalue weighted by molar-refractivity contribution is 7.17. The molecule has 1 aliphatic carbocycles. The Bertz CT molecular complexity index is 1950. The molecule has 0 bridgehead atoms. The van der Waals surface area contributed by atoms with E-state index >= 15 is 0 Å². The van der Waals surface area contributed by atoms with E-state index in [1.807, 2.05) is 24.3 Å². The van der Waals surface area contributed by atoms with Crippen molar-refractivity contribution in [2.75, 3.05) is 6.54 Å². The van der Waals surface area contributed by atoms with Gasteiger partial charge in [0.2, 0.25) is 11.8 Å². The monoisotopic (exact) mass is 635 g/mol. The number of carbonyl (C=O) groups excluding carboxylic acids is 2. The summed E-state index contributed by atoms with van der Waals surface area (Å²) >= 11 is 1.33. The number of amides is 2. The van der Waals surface area contributed by atoms with E-state index in [9.17, 15) is 14.0 Å². The molecule has 0 fully saturated rings. The molecule has 46 heavy (non-hydrogen) atoms. The van der Waals surface area contributed by atoms with Gasteiger partial charge < -0.3 is 15.1 Å². The van der Waals surface area contributed by atoms with Crippen molar-refractivity contribution in [1.29, 1.82) is 0 Å². The SMILES string of the molecule is Cc1nnc(-c2c(CCc3ccc(F)cc3)nc3c(c2-c2ccc(C(=O)N[C@H]4CCc5ccccc54)s2)C(=O)NC[C@H]3C(C)C)o1. The second kappa shape index (κ2) is 12.2. The Morgan fingerprint density at radius 3 is 2.61 bits per heavy atom. The van der Waals surface area contributed by atoms with Crippen molar-refractivity contribution in [3.05, 3.63) is 111 Å². The third kappa shape index (κ3) is 5.62. The number of hydrogen-bond donors (Lipinski definition) is 2. The van der Waals surface area contributed by atoms with Gasteiger partial charge in [-0.15, -0.1) is 21.5 Å². The number of fused-ring (bicyclic) bond motifs is 2. The zero-order valence-corrected chi connectivity index (χ0v) is 26.7. The van der Waals surface area contributed by atoms with Gasteiger partial charge in [0.25, 0.3) is 11.8 Å². The number of pyridine rings is 1. The van der Waals surface area contributed by atoms with Gasteiger partial charge >= 0.3 is 0 Å². The van der Waals surface area contributed by atoms with Crippen molar-refractivity contribution < 1.29 is 18.4 Å². The molecule has 2 amide bonds. The molecule has 7 rings (SSSR count). The topological polar surface area (TPSA) is 110 Å². The molecule has 5 aromatic rings. The highest BCUT2D eigenvalue weighted by Gasteiger charge is 2.36. The van der Waals surface area contributed by atoms with E-state index in [1.54, 1.807) is 19.1 Å². The number of carbonyl (C=O) groups is 2. The number of aryl methyl sites for hydroxylation is 4. The van der Waals surface area contributed by atoms with Gasteiger partial charge in [-0.25, -0.2) is 4.39 Å². The van der Waals surface area contributed by atoms with Gasteiger partial charge in [-0.2, -0.15) is 0 Å². The number of benzene rings is 2. The van der Waals surface area contributed by atoms with Crippen molar-refractivity contribution in [1.82, 2.24) is 25.8 Å². The summed E-state index contributed by atoms with van der Waals surface area (Å²) in [6.07, 6.45) is 2.87. The zero-order chi connectivity index (χ0) is 31.9. The smallest absolute Gasteiger partial charge is 0.261 e. The van der Waals surface area contributed by atoms with E-state index in [0.717, 1.165) is 34.5 Å². The Kier molecular flexibility index (Phi) is 7.98. The van der Waals surface area contributed by atoms with Crippen LogP contribution in [0.25, 0.3) is 21.9 Å². The molecule has 234 valence electrons. The van der Waals surface area contributed by atoms with Crippen LogP contribution in [0.3, 0.4) is 0 Å². The minimum absolute atomic E-state index is 0.0142. The Morgan fingerprint density at radius 1 is 1.04 bits per heavy atom. The Morgan fingerprint density at radius 2 is 1.85 bits per heavy atom. The molecule has 4 heterocycles. The molecule has 0 radical (unpaired) electrons. The molecule has 8 nitrogen and oxygen atoms in total. The summed E-state index contributed by atoms with van der Waals surface area (Å²) in [5.74, 6) is 0.172. The van der Waals surface area contributed by atoms with Gasteiger partial charge in [0.05, 0.1) is 33.4 Å². The van der Waals surface area contributed by atoms with E-state index in [1.165, 1.54) is 29.0 Å². The summed E-state index contributed by atoms with van der Waals surface area (Å²) in [5.41, 5.74) is 6.51. The normalized spacial score (nSPS) is 17.1. The molecule has 0 unspecified atom stereocenters. The van der Waals surface area contributed by atoms with Crippen molar-refractivity contribution >= 4 is 23.2 Å². The quantitative estimate of drug-likeness (QED) is 0.190. The highest BCUT2D eigenvalue weighted by atomic mass is 32.1. The van der Waals surface area contributed by atoms with Crippen LogP contribution >= 0.6 is 11.3 Å². The first-order chi connectivity index (χ1) is 22.3. The third-order valence-electron chi connectivity index (χ3n) is 8.98. The van der Waals surface area contributed by atoms with Gasteiger partial charge in [0, 0.05) is 29.8 Å². The summed E-state index contributed by atoms with van der Waals surface area (Å²) in [5, 5.41) is 14.8. The first kappa shape index (κ1) is 30.0. The molecule has 2 N–H and O–H groups in total. The lowest BCUT2D eigenvalue weighted by molar-refractivity contribution is 0.0929. The van der Waals surface area contributed by atoms with E-state index in [2.05, 4.69) is 46.8 Å². The maximum Gasteiger partial charge on any atom is 0.261 e. The molecular weight excluding hydrogens is 601 g/mol. The predicted molar refractivity (Wildman–Crippen MR) is 174 cm³/mol. The molecule has 2 aromatic carbocycles. The molecule has 0 saturated heterocycles. The van der Waals surface area contributed by atoms with Gasteiger partial charge in [0.15, 0.2) is 0 Å². The Balaban J connectivity index is 1.35. The molecule has 0 spiro atoms. The predicted octanol–water partition coefficient (Wildman–Crippen LogP) is 6.99. The minimum Gasteiger partial charge on any atom is -0.421 e. The maximum atomic E-state index is 13.7. The number of hydrogen-bond acceptors (Lipinski definition) is 7. The lowest BCUT2D eigenvalue weighted by Crippen LogP contribution is -2.38. The molecule has 3 aromatic heterocycles. The third-order valence-corrected chi connectivity index (χ3v) is 10.1. The first-order valence-corrected chi connectivity index (χ1v) is 16.5.